The Kier molecular flexibility index (Phi) is 23.2. The molecule has 30 nitrogen and oxygen atoms in total. The zero-order valence-electron chi connectivity index (χ0n) is 53.9. The molecule has 30 heteroatoms. The van der Waals surface area contributed by atoms with Gasteiger partial charge in [0.2, 0.25) is 28.5 Å². The number of phenols is 8. The molecule has 0 radical (unpaired) electrons. The zero-order valence-corrected chi connectivity index (χ0v) is 53.9. The molecule has 6 heterocycles. The number of aromatic hydroxyl groups is 8. The molecule has 0 aliphatic carbocycles. The molecule has 5 aromatic heterocycles. The second-order valence-corrected chi connectivity index (χ2v) is 22.2. The minimum absolute atomic E-state index is 0.0104. The van der Waals surface area contributed by atoms with Gasteiger partial charge in [0.1, 0.15) is 120 Å². The minimum Gasteiger partial charge on any atom is -0.508 e. The molecule has 0 amide bonds. The Morgan fingerprint density at radius 2 is 0.990 bits per heavy atom. The fourth-order valence-electron chi connectivity index (χ4n) is 9.50. The monoisotopic (exact) mass is 1380 g/mol. The quantitative estimate of drug-likeness (QED) is 0.0235. The summed E-state index contributed by atoms with van der Waals surface area (Å²) in [5, 5.41) is 115. The van der Waals surface area contributed by atoms with E-state index >= 15 is 0 Å². The van der Waals surface area contributed by atoms with Gasteiger partial charge in [-0.05, 0) is 92.5 Å². The second kappa shape index (κ2) is 31.2. The first-order chi connectivity index (χ1) is 47.0. The fraction of sp³-hybridized carbons (Fsp3) is 0.200. The van der Waals surface area contributed by atoms with E-state index in [1.807, 2.05) is 39.8 Å². The van der Waals surface area contributed by atoms with E-state index in [0.717, 1.165) is 47.5 Å². The topological polar surface area (TPSA) is 507 Å². The molecule has 0 saturated heterocycles. The van der Waals surface area contributed by atoms with Gasteiger partial charge < -0.3 is 97.6 Å². The van der Waals surface area contributed by atoms with Crippen LogP contribution in [0.2, 0.25) is 0 Å². The summed E-state index contributed by atoms with van der Waals surface area (Å²) < 4.78 is 40.2. The fourth-order valence-corrected chi connectivity index (χ4v) is 9.50. The van der Waals surface area contributed by atoms with E-state index in [1.165, 1.54) is 62.4 Å². The summed E-state index contributed by atoms with van der Waals surface area (Å²) in [5.41, 5.74) is 0.729. The average Bonchev–Trinajstić information content (AvgIpc) is 0.904. The molecule has 0 saturated carbocycles. The Labute approximate surface area is 560 Å². The van der Waals surface area contributed by atoms with Crippen LogP contribution in [0.1, 0.15) is 106 Å². The number of phenolic OH excluding ortho intramolecular Hbond substituents is 8. The summed E-state index contributed by atoms with van der Waals surface area (Å²) >= 11 is 0. The first-order valence-electron chi connectivity index (χ1n) is 29.4. The molecule has 11 rings (SSSR count). The molecular weight excluding hydrogens is 1320 g/mol. The molecule has 1 aliphatic rings. The Hall–Kier alpha value is -13.1. The van der Waals surface area contributed by atoms with Crippen LogP contribution in [0, 0.1) is 13.8 Å². The molecule has 2 unspecified atom stereocenters. The van der Waals surface area contributed by atoms with Gasteiger partial charge in [0, 0.05) is 71.8 Å². The molecule has 10 aromatic rings. The number of hydrogen-bond acceptors (Lipinski definition) is 29. The van der Waals surface area contributed by atoms with Crippen LogP contribution in [0.25, 0.3) is 54.8 Å². The van der Waals surface area contributed by atoms with E-state index < -0.39 is 105 Å². The Balaban J connectivity index is 0.000000179. The summed E-state index contributed by atoms with van der Waals surface area (Å²) in [4.78, 5) is 116. The van der Waals surface area contributed by atoms with Gasteiger partial charge in [-0.25, -0.2) is 19.2 Å². The number of carbonyl (C=O) groups excluding carboxylic acids is 4. The van der Waals surface area contributed by atoms with Crippen LogP contribution < -0.4 is 27.1 Å². The number of hydrogen-bond donors (Lipinski definition) is 12. The molecule has 0 fully saturated rings. The van der Waals surface area contributed by atoms with E-state index in [4.69, 9.17) is 46.9 Å². The lowest BCUT2D eigenvalue weighted by atomic mass is 9.97. The van der Waals surface area contributed by atoms with Crippen molar-refractivity contribution < 1.29 is 122 Å². The van der Waals surface area contributed by atoms with E-state index in [1.54, 1.807) is 13.8 Å². The molecule has 2 atom stereocenters. The number of fused-ring (bicyclic) bond motifs is 5. The number of ketones is 1. The van der Waals surface area contributed by atoms with Crippen LogP contribution in [0.5, 0.6) is 46.0 Å². The Morgan fingerprint density at radius 3 is 1.50 bits per heavy atom. The number of ether oxygens (including phenoxy) is 3. The highest BCUT2D eigenvalue weighted by atomic mass is 16.6. The van der Waals surface area contributed by atoms with Crippen molar-refractivity contribution in [3.05, 3.63) is 216 Å². The van der Waals surface area contributed by atoms with E-state index in [9.17, 15) is 93.9 Å². The van der Waals surface area contributed by atoms with Crippen molar-refractivity contribution in [1.82, 2.24) is 0 Å². The maximum absolute atomic E-state index is 12.4. The first-order valence-corrected chi connectivity index (χ1v) is 29.4. The number of benzene rings is 5. The third-order valence-electron chi connectivity index (χ3n) is 14.1. The highest BCUT2D eigenvalue weighted by molar-refractivity contribution is 5.99. The van der Waals surface area contributed by atoms with Crippen LogP contribution in [0.4, 0.5) is 0 Å². The van der Waals surface area contributed by atoms with Gasteiger partial charge in [-0.15, -0.1) is 0 Å². The van der Waals surface area contributed by atoms with E-state index in [0.29, 0.717) is 35.1 Å². The smallest absolute Gasteiger partial charge is 0.377 e. The molecule has 0 spiro atoms. The summed E-state index contributed by atoms with van der Waals surface area (Å²) in [6.07, 6.45) is 1.31. The van der Waals surface area contributed by atoms with Crippen LogP contribution in [-0.2, 0) is 31.8 Å². The summed E-state index contributed by atoms with van der Waals surface area (Å²) in [6.45, 7) is 13.3. The molecule has 522 valence electrons. The number of aliphatic hydroxyl groups is 3. The van der Waals surface area contributed by atoms with Gasteiger partial charge in [-0.3, -0.25) is 28.8 Å². The number of aromatic carboxylic acids is 1. The molecule has 0 bridgehead atoms. The number of esters is 3. The highest BCUT2D eigenvalue weighted by Gasteiger charge is 2.40. The predicted molar refractivity (Wildman–Crippen MR) is 353 cm³/mol. The van der Waals surface area contributed by atoms with Gasteiger partial charge in [0.15, 0.2) is 39.4 Å². The van der Waals surface area contributed by atoms with Crippen molar-refractivity contribution in [1.29, 1.82) is 0 Å². The SMILES string of the molecule is CC(=O)c1c(C)oc2cc(O)cc(O)c2c1=O.CC(C)=CCc1c(O)c(CC=C(C)C)c2oc(C)cc(=O)c2c1O.CCOC(=O)c1cc(=O)c2ccc(O)cc2o1.O=C(O)c1cc(=O)c2ccc(O)cc2o1.O=C1OC(C(O)COC(=O)c2cc(=O)c3c(O)cc(O)cc3o2)C(O)=C1O. The summed E-state index contributed by atoms with van der Waals surface area (Å²) in [7, 11) is 0. The average molecular weight is 1380 g/mol. The normalized spacial score (nSPS) is 12.5. The lowest BCUT2D eigenvalue weighted by molar-refractivity contribution is -0.147. The van der Waals surface area contributed by atoms with Gasteiger partial charge >= 0.3 is 23.9 Å². The van der Waals surface area contributed by atoms with Crippen molar-refractivity contribution in [2.45, 2.75) is 80.4 Å². The van der Waals surface area contributed by atoms with Gasteiger partial charge in [-0.1, -0.05) is 23.3 Å². The number of carboxylic acids is 1. The maximum Gasteiger partial charge on any atom is 0.377 e. The van der Waals surface area contributed by atoms with Crippen LogP contribution in [-0.4, -0.2) is 116 Å². The highest BCUT2D eigenvalue weighted by Crippen LogP contribution is 2.40. The van der Waals surface area contributed by atoms with E-state index in [-0.39, 0.29) is 113 Å². The number of aliphatic hydroxyl groups excluding tert-OH is 3. The lowest BCUT2D eigenvalue weighted by Crippen LogP contribution is -2.33. The molecule has 1 aliphatic heterocycles. The number of allylic oxidation sites excluding steroid dienone is 4. The molecular formula is C70H62O30. The molecule has 12 N–H and O–H groups in total. The minimum atomic E-state index is -1.71. The van der Waals surface area contributed by atoms with Crippen molar-refractivity contribution in [2.75, 3.05) is 13.2 Å². The number of Topliss-reactive ketones (excluding diaryl/α,β-unsaturated/α-hetero) is 1. The number of carboxylic acid groups (broad SMARTS) is 1. The standard InChI is InChI=1S/C20H24O4.C16H12O11.2C12H10O5.C10H6O5/c1-11(2)6-8-14-18(22)15(9-7-12(3)4)20-17(19(14)23)16(21)10-13(5)24-20;17-5-1-6(18)11-7(19)3-10(26-9(11)2-5)15(23)25-4-8(20)14-12(21)13(22)16(24)27-14;1-5(13)10-6(2)17-9-4-7(14)3-8(15)11(9)12(10)16;1-2-16-12(15)11-6-9(14)8-4-3-7(13)5-10(8)17-11;11-5-1-2-6-7(12)4-9(10(13)14)15-8(6)3-5/h6-7,10,22-23H,8-9H2,1-5H3;1-3,8,14,17-18,20-22H,4H2;3-4,14-15H,1-2H3;3-6,13H,2H2,1H3;1-4,11H,(H,13,14). The van der Waals surface area contributed by atoms with Gasteiger partial charge in [-0.2, -0.15) is 0 Å². The Bertz CT molecular complexity index is 5350. The van der Waals surface area contributed by atoms with Crippen molar-refractivity contribution in [3.63, 3.8) is 0 Å². The number of carbonyl (C=O) groups is 5. The van der Waals surface area contributed by atoms with Crippen LogP contribution in [0.3, 0.4) is 0 Å². The lowest BCUT2D eigenvalue weighted by Gasteiger charge is -2.16. The first kappa shape index (κ1) is 74.3. The number of rotatable bonds is 12. The summed E-state index contributed by atoms with van der Waals surface area (Å²) in [6, 6.07) is 16.3. The summed E-state index contributed by atoms with van der Waals surface area (Å²) in [5.74, 6) is -9.36. The van der Waals surface area contributed by atoms with Gasteiger partial charge in [0.25, 0.3) is 0 Å². The molecule has 100 heavy (non-hydrogen) atoms. The Morgan fingerprint density at radius 1 is 0.520 bits per heavy atom. The van der Waals surface area contributed by atoms with Crippen molar-refractivity contribution >= 4 is 84.5 Å². The van der Waals surface area contributed by atoms with Gasteiger partial charge in [0.05, 0.1) is 17.4 Å². The zero-order chi connectivity index (χ0) is 74.0. The number of aryl methyl sites for hydroxylation is 2. The number of cyclic esters (lactones) is 1. The van der Waals surface area contributed by atoms with Crippen LogP contribution in [0.15, 0.2) is 166 Å². The van der Waals surface area contributed by atoms with E-state index in [2.05, 4.69) is 4.74 Å². The third-order valence-corrected chi connectivity index (χ3v) is 14.1. The van der Waals surface area contributed by atoms with Crippen molar-refractivity contribution in [3.8, 4) is 46.0 Å². The molecule has 5 aromatic carbocycles. The maximum atomic E-state index is 12.4. The largest absolute Gasteiger partial charge is 0.508 e. The van der Waals surface area contributed by atoms with Crippen LogP contribution >= 0.6 is 0 Å². The van der Waals surface area contributed by atoms with Crippen molar-refractivity contribution in [2.24, 2.45) is 0 Å². The second-order valence-electron chi connectivity index (χ2n) is 22.2. The third kappa shape index (κ3) is 17.1. The predicted octanol–water partition coefficient (Wildman–Crippen LogP) is 9.09.